The second-order valence-electron chi connectivity index (χ2n) is 3.85. The third-order valence-corrected chi connectivity index (χ3v) is 2.73. The molecule has 0 aliphatic rings. The van der Waals surface area contributed by atoms with Crippen LogP contribution in [0.5, 0.6) is 0 Å². The summed E-state index contributed by atoms with van der Waals surface area (Å²) in [7, 11) is 0. The van der Waals surface area contributed by atoms with Crippen LogP contribution in [0.3, 0.4) is 0 Å². The van der Waals surface area contributed by atoms with E-state index in [1.165, 1.54) is 16.8 Å². The van der Waals surface area contributed by atoms with E-state index in [2.05, 4.69) is 47.3 Å². The number of nitrogens with zero attached hydrogens (tertiary/aromatic N) is 1. The third kappa shape index (κ3) is 2.24. The van der Waals surface area contributed by atoms with Crippen molar-refractivity contribution in [3.05, 3.63) is 47.5 Å². The standard InChI is InChI=1S/C13H17N3/c1-3-11-6-4-5-10(2)13(11)16-9-12-14-7-8-15-12/h4-8,16H,3,9H2,1-2H3,(H,14,15). The number of aryl methyl sites for hydroxylation is 2. The Morgan fingerprint density at radius 3 is 2.94 bits per heavy atom. The molecule has 0 spiro atoms. The molecule has 1 aromatic heterocycles. The summed E-state index contributed by atoms with van der Waals surface area (Å²) in [5.41, 5.74) is 3.87. The van der Waals surface area contributed by atoms with Crippen molar-refractivity contribution in [1.82, 2.24) is 9.97 Å². The first-order valence-corrected chi connectivity index (χ1v) is 5.62. The van der Waals surface area contributed by atoms with Gasteiger partial charge in [0.25, 0.3) is 0 Å². The first-order valence-electron chi connectivity index (χ1n) is 5.62. The van der Waals surface area contributed by atoms with Gasteiger partial charge in [-0.1, -0.05) is 25.1 Å². The van der Waals surface area contributed by atoms with Gasteiger partial charge in [-0.05, 0) is 24.5 Å². The van der Waals surface area contributed by atoms with Gasteiger partial charge in [0.1, 0.15) is 5.82 Å². The normalized spacial score (nSPS) is 10.4. The molecule has 0 radical (unpaired) electrons. The minimum Gasteiger partial charge on any atom is -0.377 e. The lowest BCUT2D eigenvalue weighted by Gasteiger charge is -2.12. The monoisotopic (exact) mass is 215 g/mol. The second kappa shape index (κ2) is 4.84. The summed E-state index contributed by atoms with van der Waals surface area (Å²) in [4.78, 5) is 7.29. The Morgan fingerprint density at radius 2 is 2.25 bits per heavy atom. The van der Waals surface area contributed by atoms with Gasteiger partial charge in [0.05, 0.1) is 6.54 Å². The smallest absolute Gasteiger partial charge is 0.125 e. The Bertz CT molecular complexity index is 446. The molecule has 0 fully saturated rings. The molecule has 2 rings (SSSR count). The number of hydrogen-bond donors (Lipinski definition) is 2. The summed E-state index contributed by atoms with van der Waals surface area (Å²) in [6.07, 6.45) is 4.66. The quantitative estimate of drug-likeness (QED) is 0.823. The number of anilines is 1. The van der Waals surface area contributed by atoms with Crippen LogP contribution in [0.15, 0.2) is 30.6 Å². The Morgan fingerprint density at radius 1 is 1.38 bits per heavy atom. The van der Waals surface area contributed by atoms with Crippen LogP contribution < -0.4 is 5.32 Å². The minimum atomic E-state index is 0.741. The van der Waals surface area contributed by atoms with Gasteiger partial charge < -0.3 is 10.3 Å². The summed E-state index contributed by atoms with van der Waals surface area (Å²) < 4.78 is 0. The second-order valence-corrected chi connectivity index (χ2v) is 3.85. The maximum atomic E-state index is 4.20. The molecule has 84 valence electrons. The number of para-hydroxylation sites is 1. The van der Waals surface area contributed by atoms with Crippen molar-refractivity contribution in [3.8, 4) is 0 Å². The Balaban J connectivity index is 2.14. The molecule has 0 bridgehead atoms. The van der Waals surface area contributed by atoms with Gasteiger partial charge >= 0.3 is 0 Å². The molecule has 0 aliphatic heterocycles. The van der Waals surface area contributed by atoms with Gasteiger partial charge in [0.2, 0.25) is 0 Å². The number of rotatable bonds is 4. The molecule has 3 heteroatoms. The van der Waals surface area contributed by atoms with E-state index >= 15 is 0 Å². The number of aromatic amines is 1. The van der Waals surface area contributed by atoms with Gasteiger partial charge in [-0.15, -0.1) is 0 Å². The molecule has 2 N–H and O–H groups in total. The molecule has 0 saturated carbocycles. The van der Waals surface area contributed by atoms with Crippen molar-refractivity contribution < 1.29 is 0 Å². The van der Waals surface area contributed by atoms with E-state index < -0.39 is 0 Å². The maximum absolute atomic E-state index is 4.20. The molecule has 1 aromatic carbocycles. The molecule has 0 amide bonds. The van der Waals surface area contributed by atoms with E-state index in [-0.39, 0.29) is 0 Å². The molecular weight excluding hydrogens is 198 g/mol. The average Bonchev–Trinajstić information content (AvgIpc) is 2.80. The zero-order valence-electron chi connectivity index (χ0n) is 9.75. The van der Waals surface area contributed by atoms with Crippen LogP contribution in [0, 0.1) is 6.92 Å². The molecule has 1 heterocycles. The van der Waals surface area contributed by atoms with Gasteiger partial charge in [-0.3, -0.25) is 0 Å². The number of benzene rings is 1. The van der Waals surface area contributed by atoms with Crippen LogP contribution in [-0.4, -0.2) is 9.97 Å². The van der Waals surface area contributed by atoms with Crippen molar-refractivity contribution in [2.45, 2.75) is 26.8 Å². The zero-order valence-corrected chi connectivity index (χ0v) is 9.75. The average molecular weight is 215 g/mol. The fourth-order valence-corrected chi connectivity index (χ4v) is 1.84. The lowest BCUT2D eigenvalue weighted by Crippen LogP contribution is -2.05. The van der Waals surface area contributed by atoms with Gasteiger partial charge in [-0.2, -0.15) is 0 Å². The lowest BCUT2D eigenvalue weighted by atomic mass is 10.1. The Kier molecular flexibility index (Phi) is 3.25. The Labute approximate surface area is 95.9 Å². The highest BCUT2D eigenvalue weighted by Crippen LogP contribution is 2.21. The van der Waals surface area contributed by atoms with Crippen LogP contribution in [0.4, 0.5) is 5.69 Å². The topological polar surface area (TPSA) is 40.7 Å². The molecular formula is C13H17N3. The van der Waals surface area contributed by atoms with Gasteiger partial charge in [0.15, 0.2) is 0 Å². The third-order valence-electron chi connectivity index (χ3n) is 2.73. The Hall–Kier alpha value is -1.77. The van der Waals surface area contributed by atoms with E-state index in [1.807, 2.05) is 6.20 Å². The summed E-state index contributed by atoms with van der Waals surface area (Å²) in [6.45, 7) is 5.04. The molecule has 2 aromatic rings. The van der Waals surface area contributed by atoms with Crippen molar-refractivity contribution in [1.29, 1.82) is 0 Å². The summed E-state index contributed by atoms with van der Waals surface area (Å²) >= 11 is 0. The number of nitrogens with one attached hydrogen (secondary N) is 2. The first-order chi connectivity index (χ1) is 7.81. The van der Waals surface area contributed by atoms with Gasteiger partial charge in [0, 0.05) is 18.1 Å². The first kappa shape index (κ1) is 10.7. The summed E-state index contributed by atoms with van der Waals surface area (Å²) in [6, 6.07) is 6.40. The molecule has 0 aliphatic carbocycles. The molecule has 3 nitrogen and oxygen atoms in total. The highest BCUT2D eigenvalue weighted by atomic mass is 15.0. The van der Waals surface area contributed by atoms with Gasteiger partial charge in [-0.25, -0.2) is 4.98 Å². The van der Waals surface area contributed by atoms with E-state index in [4.69, 9.17) is 0 Å². The van der Waals surface area contributed by atoms with Crippen molar-refractivity contribution >= 4 is 5.69 Å². The number of hydrogen-bond acceptors (Lipinski definition) is 2. The molecule has 0 atom stereocenters. The summed E-state index contributed by atoms with van der Waals surface area (Å²) in [5.74, 6) is 0.963. The largest absolute Gasteiger partial charge is 0.377 e. The van der Waals surface area contributed by atoms with E-state index in [1.54, 1.807) is 6.20 Å². The summed E-state index contributed by atoms with van der Waals surface area (Å²) in [5, 5.41) is 3.44. The van der Waals surface area contributed by atoms with E-state index in [0.29, 0.717) is 0 Å². The van der Waals surface area contributed by atoms with E-state index in [9.17, 15) is 0 Å². The van der Waals surface area contributed by atoms with Crippen molar-refractivity contribution in [2.24, 2.45) is 0 Å². The number of imidazole rings is 1. The molecule has 16 heavy (non-hydrogen) atoms. The predicted molar refractivity (Wildman–Crippen MR) is 66.5 cm³/mol. The van der Waals surface area contributed by atoms with Crippen LogP contribution >= 0.6 is 0 Å². The van der Waals surface area contributed by atoms with E-state index in [0.717, 1.165) is 18.8 Å². The number of H-pyrrole nitrogens is 1. The fourth-order valence-electron chi connectivity index (χ4n) is 1.84. The highest BCUT2D eigenvalue weighted by molar-refractivity contribution is 5.57. The highest BCUT2D eigenvalue weighted by Gasteiger charge is 2.03. The van der Waals surface area contributed by atoms with Crippen LogP contribution in [0.1, 0.15) is 23.9 Å². The fraction of sp³-hybridized carbons (Fsp3) is 0.308. The predicted octanol–water partition coefficient (Wildman–Crippen LogP) is 2.89. The number of aromatic nitrogens is 2. The van der Waals surface area contributed by atoms with Crippen LogP contribution in [0.25, 0.3) is 0 Å². The lowest BCUT2D eigenvalue weighted by molar-refractivity contribution is 0.987. The SMILES string of the molecule is CCc1cccc(C)c1NCc1ncc[nH]1. The minimum absolute atomic E-state index is 0.741. The van der Waals surface area contributed by atoms with Crippen LogP contribution in [-0.2, 0) is 13.0 Å². The zero-order chi connectivity index (χ0) is 11.4. The van der Waals surface area contributed by atoms with Crippen molar-refractivity contribution in [3.63, 3.8) is 0 Å². The molecule has 0 unspecified atom stereocenters. The van der Waals surface area contributed by atoms with Crippen LogP contribution in [0.2, 0.25) is 0 Å². The van der Waals surface area contributed by atoms with Crippen molar-refractivity contribution in [2.75, 3.05) is 5.32 Å². The maximum Gasteiger partial charge on any atom is 0.125 e. The molecule has 0 saturated heterocycles.